The molecule has 1 unspecified atom stereocenters. The number of nitrogens with zero attached hydrogens (tertiary/aromatic N) is 7. The minimum atomic E-state index is -2.87. The van der Waals surface area contributed by atoms with E-state index in [4.69, 9.17) is 9.15 Å². The number of ether oxygens (including phenoxy) is 1. The lowest BCUT2D eigenvalue weighted by Gasteiger charge is -2.31. The maximum absolute atomic E-state index is 14.1. The van der Waals surface area contributed by atoms with Crippen LogP contribution in [0.2, 0.25) is 0 Å². The molecule has 18 heteroatoms. The van der Waals surface area contributed by atoms with Gasteiger partial charge in [0, 0.05) is 57.7 Å². The van der Waals surface area contributed by atoms with Gasteiger partial charge in [-0.05, 0) is 106 Å². The Balaban J connectivity index is 0.757. The van der Waals surface area contributed by atoms with Crippen molar-refractivity contribution in [3.8, 4) is 11.5 Å². The van der Waals surface area contributed by atoms with Crippen molar-refractivity contribution in [3.63, 3.8) is 0 Å². The largest absolute Gasteiger partial charge is 0.444 e. The number of carbonyl (C=O) groups excluding carboxylic acids is 3. The molecule has 5 aromatic rings. The minimum absolute atomic E-state index is 0.0333. The molecular weight excluding hydrogens is 791 g/mol. The summed E-state index contributed by atoms with van der Waals surface area (Å²) < 4.78 is 44.4. The summed E-state index contributed by atoms with van der Waals surface area (Å²) in [6.07, 6.45) is 9.36. The molecular formula is C43H52F2N10O6. The highest BCUT2D eigenvalue weighted by Gasteiger charge is 2.32. The van der Waals surface area contributed by atoms with Crippen molar-refractivity contribution < 1.29 is 32.3 Å². The second-order valence-corrected chi connectivity index (χ2v) is 16.6. The molecule has 1 aromatic carbocycles. The van der Waals surface area contributed by atoms with E-state index in [2.05, 4.69) is 43.0 Å². The maximum Gasteiger partial charge on any atom is 0.329 e. The first-order chi connectivity index (χ1) is 29.5. The number of amides is 3. The van der Waals surface area contributed by atoms with Crippen molar-refractivity contribution in [3.05, 3.63) is 76.4 Å². The number of piperidine rings is 1. The molecule has 4 aromatic heterocycles. The fourth-order valence-electron chi connectivity index (χ4n) is 8.43. The van der Waals surface area contributed by atoms with E-state index in [1.807, 2.05) is 18.2 Å². The smallest absolute Gasteiger partial charge is 0.329 e. The van der Waals surface area contributed by atoms with Crippen LogP contribution in [0.25, 0.3) is 22.5 Å². The van der Waals surface area contributed by atoms with E-state index in [1.54, 1.807) is 30.1 Å². The number of carbonyl (C=O) groups is 3. The van der Waals surface area contributed by atoms with E-state index in [0.717, 1.165) is 62.8 Å². The molecule has 1 atom stereocenters. The minimum Gasteiger partial charge on any atom is -0.444 e. The Morgan fingerprint density at radius 3 is 2.61 bits per heavy atom. The molecule has 3 N–H and O–H groups in total. The van der Waals surface area contributed by atoms with Gasteiger partial charge in [-0.15, -0.1) is 0 Å². The number of aryl methyl sites for hydroxylation is 1. The molecule has 1 saturated heterocycles. The SMILES string of the molecule is CN(CCCOCCc1ccc2c(c1)n(C)c(=O)n2C1CCC(=O)NC1=O)CC1CCC(n2cc(NC(=O)c3coc(-c4ccnc(NCC5CC5)c4)n3)c(C(F)F)n2)CC1. The lowest BCUT2D eigenvalue weighted by Crippen LogP contribution is -2.44. The van der Waals surface area contributed by atoms with Crippen molar-refractivity contribution in [2.45, 2.75) is 82.7 Å². The Kier molecular flexibility index (Phi) is 12.7. The number of pyridine rings is 1. The number of hydrogen-bond acceptors (Lipinski definition) is 11. The van der Waals surface area contributed by atoms with Crippen LogP contribution in [0.3, 0.4) is 0 Å². The first kappa shape index (κ1) is 42.0. The fraction of sp³-hybridized carbons (Fsp3) is 0.512. The molecule has 324 valence electrons. The van der Waals surface area contributed by atoms with Crippen molar-refractivity contribution in [2.75, 3.05) is 50.5 Å². The van der Waals surface area contributed by atoms with Gasteiger partial charge in [0.15, 0.2) is 11.4 Å². The molecule has 0 radical (unpaired) electrons. The van der Waals surface area contributed by atoms with Crippen molar-refractivity contribution in [2.24, 2.45) is 18.9 Å². The van der Waals surface area contributed by atoms with Crippen LogP contribution >= 0.6 is 0 Å². The zero-order valence-electron chi connectivity index (χ0n) is 34.4. The van der Waals surface area contributed by atoms with Crippen LogP contribution in [-0.2, 0) is 27.8 Å². The van der Waals surface area contributed by atoms with Gasteiger partial charge in [-0.25, -0.2) is 23.5 Å². The molecule has 0 bridgehead atoms. The number of imidazole rings is 1. The second kappa shape index (κ2) is 18.5. The van der Waals surface area contributed by atoms with Gasteiger partial charge in [0.05, 0.1) is 29.4 Å². The standard InChI is InChI=1S/C43H52F2N10O6/c1-52(17-3-18-60-19-15-26-8-11-33-35(20-26)53(2)43(59)55(33)34-12-13-37(56)50-41(34)58)23-28-6-9-30(10-7-28)54-24-31(38(51-54)39(44)45)48-40(57)32-25-61-42(49-32)29-14-16-46-36(21-29)47-22-27-4-5-27/h8,11,14,16,20-21,24-25,27-28,30,34,39H,3-7,9-10,12-13,15,17-19,22-23H2,1-2H3,(H,46,47)(H,48,57)(H,50,56,58). The molecule has 1 aliphatic heterocycles. The second-order valence-electron chi connectivity index (χ2n) is 16.6. The number of aromatic nitrogens is 6. The van der Waals surface area contributed by atoms with Crippen molar-refractivity contribution in [1.82, 2.24) is 39.1 Å². The molecule has 16 nitrogen and oxygen atoms in total. The fourth-order valence-corrected chi connectivity index (χ4v) is 8.43. The first-order valence-electron chi connectivity index (χ1n) is 21.1. The molecule has 3 aliphatic rings. The quantitative estimate of drug-likeness (QED) is 0.0707. The highest BCUT2D eigenvalue weighted by molar-refractivity contribution is 6.03. The highest BCUT2D eigenvalue weighted by atomic mass is 19.3. The van der Waals surface area contributed by atoms with E-state index >= 15 is 0 Å². The van der Waals surface area contributed by atoms with Crippen LogP contribution in [0.5, 0.6) is 0 Å². The summed E-state index contributed by atoms with van der Waals surface area (Å²) in [5.41, 5.74) is 2.20. The Morgan fingerprint density at radius 1 is 1.03 bits per heavy atom. The van der Waals surface area contributed by atoms with Crippen molar-refractivity contribution in [1.29, 1.82) is 0 Å². The monoisotopic (exact) mass is 842 g/mol. The number of imide groups is 1. The number of hydrogen-bond donors (Lipinski definition) is 3. The molecule has 5 heterocycles. The number of oxazole rings is 1. The zero-order valence-corrected chi connectivity index (χ0v) is 34.4. The summed E-state index contributed by atoms with van der Waals surface area (Å²) in [6.45, 7) is 3.77. The molecule has 61 heavy (non-hydrogen) atoms. The number of anilines is 2. The van der Waals surface area contributed by atoms with Gasteiger partial charge in [0.2, 0.25) is 17.7 Å². The number of rotatable bonds is 18. The van der Waals surface area contributed by atoms with Gasteiger partial charge in [-0.1, -0.05) is 6.07 Å². The number of halogens is 2. The predicted molar refractivity (Wildman–Crippen MR) is 222 cm³/mol. The Hall–Kier alpha value is -5.75. The van der Waals surface area contributed by atoms with Crippen LogP contribution in [0.1, 0.15) is 98.0 Å². The lowest BCUT2D eigenvalue weighted by atomic mass is 9.86. The van der Waals surface area contributed by atoms with Crippen LogP contribution < -0.4 is 21.6 Å². The van der Waals surface area contributed by atoms with E-state index < -0.39 is 30.0 Å². The van der Waals surface area contributed by atoms with Gasteiger partial charge < -0.3 is 24.7 Å². The van der Waals surface area contributed by atoms with E-state index in [1.165, 1.54) is 34.4 Å². The van der Waals surface area contributed by atoms with Gasteiger partial charge in [-0.3, -0.25) is 33.5 Å². The molecule has 8 rings (SSSR count). The zero-order chi connectivity index (χ0) is 42.6. The molecule has 3 amide bonds. The van der Waals surface area contributed by atoms with Gasteiger partial charge in [-0.2, -0.15) is 5.10 Å². The summed E-state index contributed by atoms with van der Waals surface area (Å²) in [5, 5.41) is 12.4. The normalized spacial score (nSPS) is 19.5. The third-order valence-electron chi connectivity index (χ3n) is 12.0. The number of fused-ring (bicyclic) bond motifs is 1. The number of alkyl halides is 2. The summed E-state index contributed by atoms with van der Waals surface area (Å²) in [5.74, 6) is 0.610. The summed E-state index contributed by atoms with van der Waals surface area (Å²) in [7, 11) is 3.78. The average molecular weight is 843 g/mol. The predicted octanol–water partition coefficient (Wildman–Crippen LogP) is 5.89. The van der Waals surface area contributed by atoms with Crippen LogP contribution in [-0.4, -0.2) is 91.4 Å². The average Bonchev–Trinajstić information content (AvgIpc) is 3.66. The van der Waals surface area contributed by atoms with Crippen LogP contribution in [0.4, 0.5) is 20.3 Å². The van der Waals surface area contributed by atoms with Gasteiger partial charge in [0.1, 0.15) is 18.1 Å². The summed E-state index contributed by atoms with van der Waals surface area (Å²) in [4.78, 5) is 61.3. The lowest BCUT2D eigenvalue weighted by molar-refractivity contribution is -0.135. The third kappa shape index (κ3) is 9.91. The van der Waals surface area contributed by atoms with Crippen molar-refractivity contribution >= 4 is 40.3 Å². The highest BCUT2D eigenvalue weighted by Crippen LogP contribution is 2.35. The summed E-state index contributed by atoms with van der Waals surface area (Å²) in [6, 6.07) is 8.51. The Morgan fingerprint density at radius 2 is 1.84 bits per heavy atom. The van der Waals surface area contributed by atoms with Gasteiger partial charge in [0.25, 0.3) is 12.3 Å². The van der Waals surface area contributed by atoms with Crippen LogP contribution in [0.15, 0.2) is 58.2 Å². The molecule has 2 aliphatic carbocycles. The van der Waals surface area contributed by atoms with E-state index in [0.29, 0.717) is 54.8 Å². The van der Waals surface area contributed by atoms with Crippen LogP contribution in [0, 0.1) is 11.8 Å². The third-order valence-corrected chi connectivity index (χ3v) is 12.0. The van der Waals surface area contributed by atoms with E-state index in [9.17, 15) is 28.0 Å². The van der Waals surface area contributed by atoms with Gasteiger partial charge >= 0.3 is 5.69 Å². The maximum atomic E-state index is 14.1. The topological polar surface area (TPSA) is 183 Å². The first-order valence-corrected chi connectivity index (χ1v) is 21.1. The molecule has 3 fully saturated rings. The Labute approximate surface area is 351 Å². The summed E-state index contributed by atoms with van der Waals surface area (Å²) >= 11 is 0. The Bertz CT molecular complexity index is 2430. The molecule has 2 saturated carbocycles. The number of nitrogens with one attached hydrogen (secondary N) is 3. The number of benzene rings is 1. The van der Waals surface area contributed by atoms with E-state index in [-0.39, 0.29) is 41.3 Å². The molecule has 0 spiro atoms.